The molecule has 0 amide bonds. The first-order chi connectivity index (χ1) is 15.3. The summed E-state index contributed by atoms with van der Waals surface area (Å²) in [6, 6.07) is 13.2. The number of hydrogen-bond donors (Lipinski definition) is 0. The average Bonchev–Trinajstić information content (AvgIpc) is 2.73. The molecule has 2 aromatic rings. The van der Waals surface area contributed by atoms with E-state index in [0.29, 0.717) is 3.61 Å². The van der Waals surface area contributed by atoms with Gasteiger partial charge in [-0.1, -0.05) is 0 Å². The standard InChI is InChI=1S/C20H11F13Te/c21-15(22,16(23,24)17(25,26)18(27,28)19(29,30)20(31,32)33)11-14(12-7-3-1-4-8-12)34-13-9-5-2-6-10-13/h1-11H/b14-11+. The van der Waals surface area contributed by atoms with Gasteiger partial charge in [0.15, 0.2) is 0 Å². The minimum absolute atomic E-state index is 0.195. The fourth-order valence-electron chi connectivity index (χ4n) is 2.43. The predicted octanol–water partition coefficient (Wildman–Crippen LogP) is 6.80. The van der Waals surface area contributed by atoms with Gasteiger partial charge in [0.1, 0.15) is 0 Å². The second kappa shape index (κ2) is 9.26. The third-order valence-electron chi connectivity index (χ3n) is 4.30. The summed E-state index contributed by atoms with van der Waals surface area (Å²) >= 11 is -2.08. The molecule has 0 aliphatic heterocycles. The van der Waals surface area contributed by atoms with Crippen LogP contribution in [0.15, 0.2) is 66.7 Å². The number of allylic oxidation sites excluding steroid dienone is 1. The quantitative estimate of drug-likeness (QED) is 0.224. The van der Waals surface area contributed by atoms with E-state index in [9.17, 15) is 57.1 Å². The topological polar surface area (TPSA) is 0 Å². The molecule has 0 aliphatic carbocycles. The van der Waals surface area contributed by atoms with Crippen LogP contribution in [0.3, 0.4) is 0 Å². The third-order valence-corrected chi connectivity index (χ3v) is 7.39. The predicted molar refractivity (Wildman–Crippen MR) is 97.0 cm³/mol. The molecule has 0 N–H and O–H groups in total. The van der Waals surface area contributed by atoms with Crippen molar-refractivity contribution in [2.24, 2.45) is 0 Å². The molecular weight excluding hydrogens is 615 g/mol. The summed E-state index contributed by atoms with van der Waals surface area (Å²) in [5.74, 6) is -37.1. The number of benzene rings is 2. The Labute approximate surface area is 193 Å². The van der Waals surface area contributed by atoms with E-state index >= 15 is 0 Å². The molecule has 0 heterocycles. The third kappa shape index (κ3) is 4.89. The monoisotopic (exact) mass is 628 g/mol. The van der Waals surface area contributed by atoms with E-state index in [0.717, 1.165) is 12.1 Å². The Bertz CT molecular complexity index is 996. The average molecular weight is 626 g/mol. The molecule has 0 bridgehead atoms. The van der Waals surface area contributed by atoms with Crippen molar-refractivity contribution in [3.05, 3.63) is 72.3 Å². The van der Waals surface area contributed by atoms with Gasteiger partial charge in [-0.05, 0) is 0 Å². The molecule has 34 heavy (non-hydrogen) atoms. The Morgan fingerprint density at radius 3 is 1.38 bits per heavy atom. The number of halogens is 13. The molecule has 0 spiro atoms. The first-order valence-corrected chi connectivity index (χ1v) is 11.1. The van der Waals surface area contributed by atoms with Gasteiger partial charge in [-0.2, -0.15) is 0 Å². The fraction of sp³-hybridized carbons (Fsp3) is 0.300. The summed E-state index contributed by atoms with van der Waals surface area (Å²) < 4.78 is 174. The van der Waals surface area contributed by atoms with Gasteiger partial charge in [0.2, 0.25) is 0 Å². The molecule has 0 unspecified atom stereocenters. The van der Waals surface area contributed by atoms with Gasteiger partial charge in [-0.25, -0.2) is 0 Å². The molecule has 188 valence electrons. The molecule has 0 radical (unpaired) electrons. The van der Waals surface area contributed by atoms with Gasteiger partial charge >= 0.3 is 193 Å². The van der Waals surface area contributed by atoms with Crippen molar-refractivity contribution in [1.29, 1.82) is 0 Å². The fourth-order valence-corrected chi connectivity index (χ4v) is 5.30. The van der Waals surface area contributed by atoms with Gasteiger partial charge in [-0.15, -0.1) is 0 Å². The van der Waals surface area contributed by atoms with E-state index in [-0.39, 0.29) is 5.56 Å². The van der Waals surface area contributed by atoms with Crippen LogP contribution in [0.4, 0.5) is 57.1 Å². The van der Waals surface area contributed by atoms with Crippen LogP contribution < -0.4 is 3.61 Å². The number of hydrogen-bond acceptors (Lipinski definition) is 0. The van der Waals surface area contributed by atoms with E-state index in [1.54, 1.807) is 0 Å². The summed E-state index contributed by atoms with van der Waals surface area (Å²) in [4.78, 5) is 0. The van der Waals surface area contributed by atoms with Crippen LogP contribution >= 0.6 is 0 Å². The first-order valence-electron chi connectivity index (χ1n) is 8.76. The molecule has 0 nitrogen and oxygen atoms in total. The summed E-state index contributed by atoms with van der Waals surface area (Å²) in [6.45, 7) is 0. The summed E-state index contributed by atoms with van der Waals surface area (Å²) in [6.07, 6.45) is -8.22. The van der Waals surface area contributed by atoms with Crippen molar-refractivity contribution >= 4 is 28.2 Å². The number of alkyl halides is 13. The number of rotatable bonds is 8. The molecule has 0 aromatic heterocycles. The van der Waals surface area contributed by atoms with Crippen molar-refractivity contribution in [3.63, 3.8) is 0 Å². The Morgan fingerprint density at radius 1 is 0.529 bits per heavy atom. The van der Waals surface area contributed by atoms with Crippen molar-refractivity contribution in [3.8, 4) is 0 Å². The molecule has 0 saturated carbocycles. The van der Waals surface area contributed by atoms with Crippen molar-refractivity contribution in [2.45, 2.75) is 35.8 Å². The Balaban J connectivity index is 2.62. The molecule has 0 saturated heterocycles. The van der Waals surface area contributed by atoms with Crippen molar-refractivity contribution in [1.82, 2.24) is 0 Å². The van der Waals surface area contributed by atoms with E-state index in [4.69, 9.17) is 0 Å². The van der Waals surface area contributed by atoms with Gasteiger partial charge in [0.25, 0.3) is 0 Å². The van der Waals surface area contributed by atoms with Crippen LogP contribution in [-0.2, 0) is 0 Å². The van der Waals surface area contributed by atoms with E-state index in [1.165, 1.54) is 48.5 Å². The second-order valence-electron chi connectivity index (χ2n) is 6.71. The molecule has 2 aromatic carbocycles. The van der Waals surface area contributed by atoms with E-state index < -0.39 is 66.4 Å². The van der Waals surface area contributed by atoms with Crippen LogP contribution in [0.1, 0.15) is 5.56 Å². The van der Waals surface area contributed by atoms with Gasteiger partial charge in [0, 0.05) is 0 Å². The molecular formula is C20H11F13Te. The maximum absolute atomic E-state index is 14.4. The van der Waals surface area contributed by atoms with Crippen molar-refractivity contribution in [2.75, 3.05) is 0 Å². The normalized spacial score (nSPS) is 14.9. The Morgan fingerprint density at radius 2 is 0.941 bits per heavy atom. The zero-order valence-corrected chi connectivity index (χ0v) is 18.5. The SMILES string of the molecule is FC(F)(F)C(F)(F)C(F)(F)C(F)(F)C(F)(F)C(F)(F)/C=C(/[Te]c1ccccc1)c1ccccc1. The molecule has 0 fully saturated rings. The Hall–Kier alpha value is -1.94. The van der Waals surface area contributed by atoms with Crippen LogP contribution in [0.25, 0.3) is 3.62 Å². The summed E-state index contributed by atoms with van der Waals surface area (Å²) in [5.41, 5.74) is -0.195. The van der Waals surface area contributed by atoms with Gasteiger partial charge < -0.3 is 0 Å². The molecule has 0 atom stereocenters. The van der Waals surface area contributed by atoms with Crippen molar-refractivity contribution < 1.29 is 57.1 Å². The van der Waals surface area contributed by atoms with Crippen LogP contribution in [-0.4, -0.2) is 56.7 Å². The summed E-state index contributed by atoms with van der Waals surface area (Å²) in [5, 5.41) is 0. The van der Waals surface area contributed by atoms with Gasteiger partial charge in [0.05, 0.1) is 0 Å². The minimum atomic E-state index is -7.91. The van der Waals surface area contributed by atoms with E-state index in [2.05, 4.69) is 0 Å². The Kier molecular flexibility index (Phi) is 7.70. The molecule has 14 heteroatoms. The first kappa shape index (κ1) is 28.3. The zero-order valence-electron chi connectivity index (χ0n) is 16.2. The molecule has 0 aliphatic rings. The zero-order chi connectivity index (χ0) is 26.2. The van der Waals surface area contributed by atoms with Gasteiger partial charge in [-0.3, -0.25) is 0 Å². The van der Waals surface area contributed by atoms with Crippen LogP contribution in [0, 0.1) is 0 Å². The van der Waals surface area contributed by atoms with Crippen LogP contribution in [0.2, 0.25) is 0 Å². The maximum atomic E-state index is 14.4. The second-order valence-corrected chi connectivity index (χ2v) is 9.89. The summed E-state index contributed by atoms with van der Waals surface area (Å²) in [7, 11) is 0. The molecule has 2 rings (SSSR count). The van der Waals surface area contributed by atoms with E-state index in [1.807, 2.05) is 0 Å². The van der Waals surface area contributed by atoms with Crippen LogP contribution in [0.5, 0.6) is 0 Å².